The van der Waals surface area contributed by atoms with Crippen molar-refractivity contribution in [3.05, 3.63) is 45.2 Å². The predicted molar refractivity (Wildman–Crippen MR) is 128 cm³/mol. The van der Waals surface area contributed by atoms with Gasteiger partial charge < -0.3 is 19.6 Å². The Balaban J connectivity index is 2.36. The first-order valence-corrected chi connectivity index (χ1v) is 11.3. The van der Waals surface area contributed by atoms with Gasteiger partial charge in [0.25, 0.3) is 0 Å². The van der Waals surface area contributed by atoms with E-state index in [-0.39, 0.29) is 31.3 Å². The molecule has 0 aliphatic heterocycles. The van der Waals surface area contributed by atoms with E-state index in [2.05, 4.69) is 4.98 Å². The van der Waals surface area contributed by atoms with Crippen LogP contribution in [0.5, 0.6) is 0 Å². The van der Waals surface area contributed by atoms with E-state index in [9.17, 15) is 34.7 Å². The summed E-state index contributed by atoms with van der Waals surface area (Å²) in [5.41, 5.74) is -1.34. The number of H-pyrrole nitrogens is 1. The van der Waals surface area contributed by atoms with Gasteiger partial charge in [0.05, 0.1) is 13.1 Å². The first-order valence-electron chi connectivity index (χ1n) is 11.3. The zero-order valence-corrected chi connectivity index (χ0v) is 21.2. The Morgan fingerprint density at radius 2 is 1.31 bits per heavy atom. The zero-order chi connectivity index (χ0) is 27.4. The molecule has 2 rings (SSSR count). The quantitative estimate of drug-likeness (QED) is 0.323. The summed E-state index contributed by atoms with van der Waals surface area (Å²) >= 11 is 0. The molecule has 0 saturated carbocycles. The van der Waals surface area contributed by atoms with Crippen LogP contribution in [0.4, 0.5) is 9.59 Å². The fourth-order valence-electron chi connectivity index (χ4n) is 3.25. The molecule has 1 aromatic heterocycles. The molecule has 1 aromatic carbocycles. The van der Waals surface area contributed by atoms with Crippen LogP contribution in [0.15, 0.2) is 23.1 Å². The number of pyridine rings is 1. The van der Waals surface area contributed by atoms with Gasteiger partial charge in [0, 0.05) is 17.1 Å². The van der Waals surface area contributed by atoms with Gasteiger partial charge in [-0.3, -0.25) is 15.2 Å². The van der Waals surface area contributed by atoms with Crippen LogP contribution in [-0.2, 0) is 22.3 Å². The highest BCUT2D eigenvalue weighted by molar-refractivity contribution is 5.92. The molecule has 0 atom stereocenters. The maximum atomic E-state index is 12.7. The minimum Gasteiger partial charge on any atom is -0.477 e. The van der Waals surface area contributed by atoms with Gasteiger partial charge in [-0.15, -0.1) is 0 Å². The zero-order valence-electron chi connectivity index (χ0n) is 21.2. The molecule has 0 unspecified atom stereocenters. The van der Waals surface area contributed by atoms with E-state index in [1.807, 2.05) is 0 Å². The molecule has 0 radical (unpaired) electrons. The Labute approximate surface area is 207 Å². The van der Waals surface area contributed by atoms with Gasteiger partial charge in [-0.1, -0.05) is 0 Å². The lowest BCUT2D eigenvalue weighted by molar-refractivity contribution is -0.0938. The number of aromatic amines is 1. The van der Waals surface area contributed by atoms with E-state index >= 15 is 0 Å². The lowest BCUT2D eigenvalue weighted by Gasteiger charge is -2.24. The number of carboxylic acids is 1. The number of aromatic nitrogens is 1. The minimum atomic E-state index is -1.39. The minimum absolute atomic E-state index is 0.0651. The number of rotatable bonds is 7. The molecule has 0 aliphatic rings. The van der Waals surface area contributed by atoms with Crippen LogP contribution in [0.1, 0.15) is 63.0 Å². The number of benzene rings is 1. The van der Waals surface area contributed by atoms with E-state index in [1.54, 1.807) is 47.6 Å². The van der Waals surface area contributed by atoms with Crippen molar-refractivity contribution < 1.29 is 39.4 Å². The van der Waals surface area contributed by atoms with Crippen molar-refractivity contribution >= 4 is 29.1 Å². The second-order valence-electron chi connectivity index (χ2n) is 10.2. The summed E-state index contributed by atoms with van der Waals surface area (Å²) in [5.74, 6) is -1.39. The van der Waals surface area contributed by atoms with Crippen LogP contribution < -0.4 is 5.43 Å². The van der Waals surface area contributed by atoms with Gasteiger partial charge in [-0.05, 0) is 77.6 Å². The Bertz CT molecular complexity index is 1190. The molecule has 12 nitrogen and oxygen atoms in total. The number of nitrogens with one attached hydrogen (secondary N) is 1. The van der Waals surface area contributed by atoms with E-state index < -0.39 is 40.4 Å². The molecule has 0 spiro atoms. The van der Waals surface area contributed by atoms with Crippen LogP contribution >= 0.6 is 0 Å². The van der Waals surface area contributed by atoms with Crippen LogP contribution in [0, 0.1) is 0 Å². The molecule has 4 N–H and O–H groups in total. The first-order chi connectivity index (χ1) is 16.5. The van der Waals surface area contributed by atoms with Crippen LogP contribution in [0.3, 0.4) is 0 Å². The van der Waals surface area contributed by atoms with Gasteiger partial charge in [0.15, 0.2) is 0 Å². The summed E-state index contributed by atoms with van der Waals surface area (Å²) in [5, 5.41) is 30.4. The normalized spacial score (nSPS) is 11.8. The lowest BCUT2D eigenvalue weighted by atomic mass is 9.98. The molecular weight excluding hydrogens is 474 g/mol. The Morgan fingerprint density at radius 3 is 1.72 bits per heavy atom. The molecule has 0 fully saturated rings. The molecule has 36 heavy (non-hydrogen) atoms. The van der Waals surface area contributed by atoms with Gasteiger partial charge in [-0.25, -0.2) is 14.4 Å². The number of hydrogen-bond acceptors (Lipinski definition) is 8. The van der Waals surface area contributed by atoms with Crippen molar-refractivity contribution in [3.63, 3.8) is 0 Å². The van der Waals surface area contributed by atoms with Gasteiger partial charge >= 0.3 is 18.2 Å². The van der Waals surface area contributed by atoms with Crippen molar-refractivity contribution in [2.75, 3.05) is 13.1 Å². The number of amides is 2. The second kappa shape index (κ2) is 11.0. The van der Waals surface area contributed by atoms with E-state index in [1.165, 1.54) is 6.07 Å². The van der Waals surface area contributed by atoms with Crippen molar-refractivity contribution in [1.29, 1.82) is 0 Å². The van der Waals surface area contributed by atoms with Crippen molar-refractivity contribution in [2.24, 2.45) is 0 Å². The Kier molecular flexibility index (Phi) is 8.70. The number of carbonyl (C=O) groups excluding carboxylic acids is 2. The third-order valence-electron chi connectivity index (χ3n) is 4.83. The third kappa shape index (κ3) is 7.95. The average molecular weight is 508 g/mol. The lowest BCUT2D eigenvalue weighted by Crippen LogP contribution is -2.36. The van der Waals surface area contributed by atoms with E-state index in [0.29, 0.717) is 26.8 Å². The number of aromatic carboxylic acids is 1. The topological polar surface area (TPSA) is 170 Å². The maximum Gasteiger partial charge on any atom is 0.434 e. The number of fused-ring (bicyclic) bond motifs is 1. The monoisotopic (exact) mass is 507 g/mol. The number of carboxylic acid groups (broad SMARTS) is 1. The highest BCUT2D eigenvalue weighted by Gasteiger charge is 2.23. The Morgan fingerprint density at radius 1 is 0.861 bits per heavy atom. The van der Waals surface area contributed by atoms with E-state index in [4.69, 9.17) is 9.47 Å². The number of nitrogens with zero attached hydrogens (tertiary/aromatic N) is 2. The second-order valence-corrected chi connectivity index (χ2v) is 10.2. The molecule has 0 saturated heterocycles. The highest BCUT2D eigenvalue weighted by atomic mass is 16.6. The van der Waals surface area contributed by atoms with Crippen LogP contribution in [0.25, 0.3) is 10.9 Å². The summed E-state index contributed by atoms with van der Waals surface area (Å²) in [6.45, 7) is 9.58. The van der Waals surface area contributed by atoms with Gasteiger partial charge in [-0.2, -0.15) is 10.1 Å². The largest absolute Gasteiger partial charge is 0.477 e. The Hall–Kier alpha value is -3.64. The number of carbonyl (C=O) groups is 3. The molecule has 0 aliphatic carbocycles. The molecule has 198 valence electrons. The fourth-order valence-corrected chi connectivity index (χ4v) is 3.25. The fraction of sp³-hybridized carbons (Fsp3) is 0.500. The molecule has 2 amide bonds. The molecule has 12 heteroatoms. The maximum absolute atomic E-state index is 12.7. The predicted octanol–water partition coefficient (Wildman–Crippen LogP) is 3.56. The van der Waals surface area contributed by atoms with Gasteiger partial charge in [0.2, 0.25) is 5.43 Å². The number of ether oxygens (including phenoxy) is 2. The van der Waals surface area contributed by atoms with Crippen molar-refractivity contribution in [3.8, 4) is 0 Å². The van der Waals surface area contributed by atoms with Crippen molar-refractivity contribution in [1.82, 2.24) is 15.1 Å². The summed E-state index contributed by atoms with van der Waals surface area (Å²) in [6.07, 6.45) is -0.608. The van der Waals surface area contributed by atoms with E-state index in [0.717, 1.165) is 6.20 Å². The summed E-state index contributed by atoms with van der Waals surface area (Å²) in [4.78, 5) is 51.0. The molecule has 2 aromatic rings. The SMILES string of the molecule is CC(C)(C)OC(=O)N(O)CCc1cc2[nH]cc(C(=O)O)c(=O)c2cc1CCN(O)C(=O)OC(C)(C)C. The van der Waals surface area contributed by atoms with Gasteiger partial charge in [0.1, 0.15) is 16.8 Å². The number of hydrogen-bond donors (Lipinski definition) is 4. The summed E-state index contributed by atoms with van der Waals surface area (Å²) in [7, 11) is 0. The molecular formula is C24H33N3O9. The first kappa shape index (κ1) is 28.6. The summed E-state index contributed by atoms with van der Waals surface area (Å²) in [6, 6.07) is 3.06. The third-order valence-corrected chi connectivity index (χ3v) is 4.83. The number of hydroxylamine groups is 4. The van der Waals surface area contributed by atoms with Crippen LogP contribution in [0.2, 0.25) is 0 Å². The smallest absolute Gasteiger partial charge is 0.434 e. The standard InChI is InChI=1S/C24H33N3O9/c1-23(2,3)35-21(31)26(33)9-7-14-11-16-18(25-13-17(19(16)28)20(29)30)12-15(14)8-10-27(34)22(32)36-24(4,5)6/h11-13,33-34H,7-10H2,1-6H3,(H,25,28)(H,29,30). The average Bonchev–Trinajstić information content (AvgIpc) is 2.73. The van der Waals surface area contributed by atoms with Crippen molar-refractivity contribution in [2.45, 2.75) is 65.6 Å². The molecule has 1 heterocycles. The van der Waals surface area contributed by atoms with Crippen LogP contribution in [-0.4, -0.2) is 73.1 Å². The summed E-state index contributed by atoms with van der Waals surface area (Å²) < 4.78 is 10.2. The molecule has 0 bridgehead atoms. The highest BCUT2D eigenvalue weighted by Crippen LogP contribution is 2.20.